The van der Waals surface area contributed by atoms with Crippen molar-refractivity contribution in [1.29, 1.82) is 0 Å². The first-order valence-corrected chi connectivity index (χ1v) is 10.2. The number of hydrogen-bond donors (Lipinski definition) is 5. The van der Waals surface area contributed by atoms with E-state index in [9.17, 15) is 19.5 Å². The standard InChI is InChI=1S/C20H23N5O4S/c1-30-16-7-3-4-13(9-16)17(20(28)29)10-22-18(26)11-23-19(27)14-5-2-6-15(8-14)24-12-25-21/h2-9,12,17H,10-11,21H2,1H3,(H,22,26)(H,23,27)(H,24,25)(H,28,29). The van der Waals surface area contributed by atoms with Gasteiger partial charge in [0, 0.05) is 22.7 Å². The monoisotopic (exact) mass is 429 g/mol. The fourth-order valence-corrected chi connectivity index (χ4v) is 3.08. The maximum absolute atomic E-state index is 12.2. The first kappa shape index (κ1) is 22.8. The van der Waals surface area contributed by atoms with E-state index in [2.05, 4.69) is 21.1 Å². The summed E-state index contributed by atoms with van der Waals surface area (Å²) in [5, 5.41) is 20.7. The number of rotatable bonds is 10. The summed E-state index contributed by atoms with van der Waals surface area (Å²) in [4.78, 5) is 36.9. The van der Waals surface area contributed by atoms with E-state index >= 15 is 0 Å². The molecule has 0 aliphatic rings. The Morgan fingerprint density at radius 1 is 1.17 bits per heavy atom. The van der Waals surface area contributed by atoms with Crippen molar-refractivity contribution in [1.82, 2.24) is 10.6 Å². The fourth-order valence-electron chi connectivity index (χ4n) is 2.61. The highest BCUT2D eigenvalue weighted by Crippen LogP contribution is 2.22. The SMILES string of the molecule is CSc1cccc(C(CNC(=O)CNC(=O)c2cccc(NC=NN)c2)C(=O)O)c1. The minimum absolute atomic E-state index is 0.0836. The topological polar surface area (TPSA) is 146 Å². The normalized spacial score (nSPS) is 11.6. The summed E-state index contributed by atoms with van der Waals surface area (Å²) in [5.74, 6) is 2.17. The predicted molar refractivity (Wildman–Crippen MR) is 117 cm³/mol. The van der Waals surface area contributed by atoms with Gasteiger partial charge >= 0.3 is 5.97 Å². The van der Waals surface area contributed by atoms with Crippen molar-refractivity contribution >= 4 is 41.6 Å². The van der Waals surface area contributed by atoms with Crippen molar-refractivity contribution in [2.75, 3.05) is 24.7 Å². The second kappa shape index (κ2) is 11.5. The van der Waals surface area contributed by atoms with Gasteiger partial charge in [-0.1, -0.05) is 18.2 Å². The molecule has 1 atom stereocenters. The number of benzene rings is 2. The molecule has 30 heavy (non-hydrogen) atoms. The van der Waals surface area contributed by atoms with Crippen LogP contribution in [-0.2, 0) is 9.59 Å². The molecule has 1 unspecified atom stereocenters. The van der Waals surface area contributed by atoms with E-state index < -0.39 is 23.7 Å². The van der Waals surface area contributed by atoms with Crippen LogP contribution in [-0.4, -0.2) is 48.6 Å². The molecule has 2 aromatic carbocycles. The number of carboxylic acid groups (broad SMARTS) is 1. The zero-order valence-electron chi connectivity index (χ0n) is 16.3. The Morgan fingerprint density at radius 2 is 1.93 bits per heavy atom. The average molecular weight is 430 g/mol. The molecule has 0 aliphatic carbocycles. The average Bonchev–Trinajstić information content (AvgIpc) is 2.76. The second-order valence-electron chi connectivity index (χ2n) is 6.16. The number of anilines is 1. The van der Waals surface area contributed by atoms with Gasteiger partial charge in [-0.05, 0) is 42.2 Å². The summed E-state index contributed by atoms with van der Waals surface area (Å²) in [6.07, 6.45) is 3.18. The molecule has 2 rings (SSSR count). The minimum atomic E-state index is -1.04. The van der Waals surface area contributed by atoms with E-state index in [0.29, 0.717) is 16.8 Å². The molecule has 0 radical (unpaired) electrons. The zero-order chi connectivity index (χ0) is 21.9. The molecule has 0 heterocycles. The van der Waals surface area contributed by atoms with E-state index in [4.69, 9.17) is 5.84 Å². The van der Waals surface area contributed by atoms with Gasteiger partial charge in [0.05, 0.1) is 12.5 Å². The molecule has 2 aromatic rings. The highest BCUT2D eigenvalue weighted by molar-refractivity contribution is 7.98. The third-order valence-corrected chi connectivity index (χ3v) is 4.86. The van der Waals surface area contributed by atoms with Crippen LogP contribution in [0.4, 0.5) is 5.69 Å². The molecule has 0 aromatic heterocycles. The summed E-state index contributed by atoms with van der Waals surface area (Å²) in [6.45, 7) is -0.363. The Morgan fingerprint density at radius 3 is 2.63 bits per heavy atom. The summed E-state index contributed by atoms with van der Waals surface area (Å²) in [5.41, 5.74) is 1.55. The summed E-state index contributed by atoms with van der Waals surface area (Å²) in [7, 11) is 0. The van der Waals surface area contributed by atoms with Gasteiger partial charge in [-0.2, -0.15) is 5.10 Å². The third kappa shape index (κ3) is 6.82. The van der Waals surface area contributed by atoms with Crippen molar-refractivity contribution in [3.05, 3.63) is 59.7 Å². The Kier molecular flexibility index (Phi) is 8.70. The summed E-state index contributed by atoms with van der Waals surface area (Å²) in [6, 6.07) is 13.7. The highest BCUT2D eigenvalue weighted by atomic mass is 32.2. The molecule has 0 bridgehead atoms. The molecule has 6 N–H and O–H groups in total. The van der Waals surface area contributed by atoms with Gasteiger partial charge in [-0.3, -0.25) is 14.4 Å². The van der Waals surface area contributed by atoms with Crippen LogP contribution in [0.5, 0.6) is 0 Å². The Hall–Kier alpha value is -3.53. The molecular weight excluding hydrogens is 406 g/mol. The number of nitrogens with two attached hydrogens (primary N) is 1. The van der Waals surface area contributed by atoms with Gasteiger partial charge in [-0.15, -0.1) is 11.8 Å². The molecule has 0 fully saturated rings. The predicted octanol–water partition coefficient (Wildman–Crippen LogP) is 1.44. The minimum Gasteiger partial charge on any atom is -0.481 e. The van der Waals surface area contributed by atoms with Gasteiger partial charge in [-0.25, -0.2) is 0 Å². The number of carbonyl (C=O) groups is 3. The Balaban J connectivity index is 1.90. The Labute approximate surface area is 178 Å². The number of nitrogens with zero attached hydrogens (tertiary/aromatic N) is 1. The second-order valence-corrected chi connectivity index (χ2v) is 7.04. The van der Waals surface area contributed by atoms with Gasteiger partial charge < -0.3 is 26.9 Å². The molecule has 0 saturated heterocycles. The van der Waals surface area contributed by atoms with Crippen LogP contribution >= 0.6 is 11.8 Å². The zero-order valence-corrected chi connectivity index (χ0v) is 17.1. The lowest BCUT2D eigenvalue weighted by Gasteiger charge is -2.15. The van der Waals surface area contributed by atoms with E-state index in [1.807, 2.05) is 12.3 Å². The number of amides is 2. The lowest BCUT2D eigenvalue weighted by Crippen LogP contribution is -2.39. The number of carbonyl (C=O) groups excluding carboxylic acids is 2. The molecule has 10 heteroatoms. The lowest BCUT2D eigenvalue weighted by atomic mass is 9.99. The highest BCUT2D eigenvalue weighted by Gasteiger charge is 2.21. The maximum atomic E-state index is 12.2. The number of thioether (sulfide) groups is 1. The van der Waals surface area contributed by atoms with E-state index in [-0.39, 0.29) is 13.1 Å². The fraction of sp³-hybridized carbons (Fsp3) is 0.200. The van der Waals surface area contributed by atoms with Crippen molar-refractivity contribution in [3.63, 3.8) is 0 Å². The van der Waals surface area contributed by atoms with Crippen LogP contribution in [0.15, 0.2) is 58.5 Å². The summed E-state index contributed by atoms with van der Waals surface area (Å²) >= 11 is 1.51. The number of hydrazone groups is 1. The van der Waals surface area contributed by atoms with Gasteiger partial charge in [0.25, 0.3) is 5.91 Å². The third-order valence-electron chi connectivity index (χ3n) is 4.14. The van der Waals surface area contributed by atoms with Gasteiger partial charge in [0.2, 0.25) is 5.91 Å². The molecular formula is C20H23N5O4S. The first-order chi connectivity index (χ1) is 14.4. The van der Waals surface area contributed by atoms with Gasteiger partial charge in [0.1, 0.15) is 6.34 Å². The number of nitrogens with one attached hydrogen (secondary N) is 3. The van der Waals surface area contributed by atoms with Gasteiger partial charge in [0.15, 0.2) is 0 Å². The molecule has 2 amide bonds. The van der Waals surface area contributed by atoms with E-state index in [1.54, 1.807) is 42.5 Å². The maximum Gasteiger partial charge on any atom is 0.312 e. The molecule has 158 valence electrons. The van der Waals surface area contributed by atoms with Crippen molar-refractivity contribution < 1.29 is 19.5 Å². The Bertz CT molecular complexity index is 935. The molecule has 0 spiro atoms. The van der Waals surface area contributed by atoms with Crippen LogP contribution in [0, 0.1) is 0 Å². The van der Waals surface area contributed by atoms with Crippen LogP contribution in [0.2, 0.25) is 0 Å². The van der Waals surface area contributed by atoms with Crippen LogP contribution < -0.4 is 21.8 Å². The lowest BCUT2D eigenvalue weighted by molar-refractivity contribution is -0.138. The summed E-state index contributed by atoms with van der Waals surface area (Å²) < 4.78 is 0. The van der Waals surface area contributed by atoms with Crippen LogP contribution in [0.3, 0.4) is 0 Å². The first-order valence-electron chi connectivity index (χ1n) is 8.94. The van der Waals surface area contributed by atoms with Crippen molar-refractivity contribution in [2.24, 2.45) is 10.9 Å². The number of aliphatic carboxylic acids is 1. The molecule has 9 nitrogen and oxygen atoms in total. The van der Waals surface area contributed by atoms with Crippen LogP contribution in [0.25, 0.3) is 0 Å². The molecule has 0 aliphatic heterocycles. The van der Waals surface area contributed by atoms with Crippen molar-refractivity contribution in [2.45, 2.75) is 10.8 Å². The number of carboxylic acids is 1. The van der Waals surface area contributed by atoms with E-state index in [1.165, 1.54) is 18.1 Å². The largest absolute Gasteiger partial charge is 0.481 e. The van der Waals surface area contributed by atoms with Crippen LogP contribution in [0.1, 0.15) is 21.8 Å². The molecule has 0 saturated carbocycles. The quantitative estimate of drug-likeness (QED) is 0.126. The number of hydrogen-bond acceptors (Lipinski definition) is 6. The van der Waals surface area contributed by atoms with E-state index in [0.717, 1.165) is 4.90 Å². The van der Waals surface area contributed by atoms with Crippen molar-refractivity contribution in [3.8, 4) is 0 Å². The smallest absolute Gasteiger partial charge is 0.312 e.